The van der Waals surface area contributed by atoms with Crippen LogP contribution in [0.25, 0.3) is 0 Å². The zero-order valence-electron chi connectivity index (χ0n) is 13.9. The van der Waals surface area contributed by atoms with E-state index in [1.807, 2.05) is 30.5 Å². The van der Waals surface area contributed by atoms with Gasteiger partial charge >= 0.3 is 0 Å². The fourth-order valence-corrected chi connectivity index (χ4v) is 5.22. The number of carbonyl (C=O) groups excluding carboxylic acids is 1. The fraction of sp³-hybridized carbons (Fsp3) is 0.400. The van der Waals surface area contributed by atoms with Crippen LogP contribution in [0.15, 0.2) is 54.7 Å². The number of hydrogen-bond donors (Lipinski definition) is 0. The molecular weight excluding hydrogens is 298 g/mol. The van der Waals surface area contributed by atoms with Crippen molar-refractivity contribution >= 4 is 5.78 Å². The lowest BCUT2D eigenvalue weighted by molar-refractivity contribution is -0.186. The molecule has 0 aliphatic carbocycles. The Morgan fingerprint density at radius 1 is 0.958 bits per heavy atom. The number of hydrogen-bond acceptors (Lipinski definition) is 4. The molecule has 6 rings (SSSR count). The Kier molecular flexibility index (Phi) is 2.83. The molecule has 5 heterocycles. The van der Waals surface area contributed by atoms with Crippen LogP contribution in [-0.4, -0.2) is 46.7 Å². The van der Waals surface area contributed by atoms with Crippen LogP contribution >= 0.6 is 0 Å². The van der Waals surface area contributed by atoms with Crippen molar-refractivity contribution in [3.8, 4) is 0 Å². The van der Waals surface area contributed by atoms with Crippen molar-refractivity contribution in [1.82, 2.24) is 14.8 Å². The highest BCUT2D eigenvalue weighted by molar-refractivity contribution is 5.97. The van der Waals surface area contributed by atoms with E-state index in [1.165, 1.54) is 0 Å². The highest BCUT2D eigenvalue weighted by Gasteiger charge is 2.64. The van der Waals surface area contributed by atoms with Crippen molar-refractivity contribution in [2.75, 3.05) is 26.2 Å². The van der Waals surface area contributed by atoms with Gasteiger partial charge in [-0.1, -0.05) is 43.3 Å². The summed E-state index contributed by atoms with van der Waals surface area (Å²) in [6.07, 6.45) is 2.06. The molecule has 4 aliphatic heterocycles. The van der Waals surface area contributed by atoms with E-state index in [0.29, 0.717) is 5.78 Å². The van der Waals surface area contributed by atoms with Gasteiger partial charge in [0.25, 0.3) is 0 Å². The van der Waals surface area contributed by atoms with Crippen molar-refractivity contribution in [3.05, 3.63) is 66.0 Å². The van der Waals surface area contributed by atoms with E-state index in [2.05, 4.69) is 46.0 Å². The summed E-state index contributed by atoms with van der Waals surface area (Å²) in [5.41, 5.74) is 1.58. The van der Waals surface area contributed by atoms with Gasteiger partial charge in [0, 0.05) is 32.4 Å². The second-order valence-electron chi connectivity index (χ2n) is 7.78. The molecule has 2 unspecified atom stereocenters. The van der Waals surface area contributed by atoms with Crippen molar-refractivity contribution in [1.29, 1.82) is 0 Å². The number of nitrogens with zero attached hydrogens (tertiary/aromatic N) is 3. The Balaban J connectivity index is 1.62. The maximum absolute atomic E-state index is 13.4. The SMILES string of the molecule is CC12CN3CC(c4ccccc4)(CN(C1)C3c1ccccn1)C2=O. The quantitative estimate of drug-likeness (QED) is 0.851. The molecule has 4 heteroatoms. The van der Waals surface area contributed by atoms with Gasteiger partial charge in [-0.3, -0.25) is 19.6 Å². The highest BCUT2D eigenvalue weighted by Crippen LogP contribution is 2.52. The normalized spacial score (nSPS) is 40.0. The predicted octanol–water partition coefficient (Wildman–Crippen LogP) is 2.24. The molecule has 0 saturated carbocycles. The molecule has 4 aliphatic rings. The lowest BCUT2D eigenvalue weighted by atomic mass is 9.58. The van der Waals surface area contributed by atoms with E-state index in [9.17, 15) is 4.79 Å². The number of ketones is 1. The molecule has 1 aromatic heterocycles. The van der Waals surface area contributed by atoms with Gasteiger partial charge < -0.3 is 0 Å². The summed E-state index contributed by atoms with van der Waals surface area (Å²) in [5.74, 6) is 0.424. The summed E-state index contributed by atoms with van der Waals surface area (Å²) in [6, 6.07) is 16.5. The first-order valence-corrected chi connectivity index (χ1v) is 8.62. The van der Waals surface area contributed by atoms with Crippen LogP contribution in [0.3, 0.4) is 0 Å². The molecule has 2 atom stereocenters. The third kappa shape index (κ3) is 1.75. The van der Waals surface area contributed by atoms with Crippen molar-refractivity contribution in [2.24, 2.45) is 5.41 Å². The standard InChI is InChI=1S/C20H21N3O/c1-19-11-22-13-20(18(19)24,15-7-3-2-4-8-15)14-23(12-19)17(22)16-9-5-6-10-21-16/h2-10,17H,11-14H2,1H3. The predicted molar refractivity (Wildman–Crippen MR) is 91.4 cm³/mol. The minimum Gasteiger partial charge on any atom is -0.298 e. The van der Waals surface area contributed by atoms with E-state index >= 15 is 0 Å². The average Bonchev–Trinajstić information content (AvgIpc) is 2.60. The Hall–Kier alpha value is -2.04. The van der Waals surface area contributed by atoms with E-state index in [0.717, 1.165) is 37.4 Å². The average molecular weight is 319 g/mol. The first-order chi connectivity index (χ1) is 11.6. The monoisotopic (exact) mass is 319 g/mol. The number of piperidine rings is 2. The van der Waals surface area contributed by atoms with Crippen molar-refractivity contribution < 1.29 is 4.79 Å². The lowest BCUT2D eigenvalue weighted by Crippen LogP contribution is -2.77. The Morgan fingerprint density at radius 3 is 2.25 bits per heavy atom. The van der Waals surface area contributed by atoms with Crippen LogP contribution in [0.4, 0.5) is 0 Å². The summed E-state index contributed by atoms with van der Waals surface area (Å²) < 4.78 is 0. The number of carbonyl (C=O) groups is 1. The highest BCUT2D eigenvalue weighted by atomic mass is 16.1. The number of benzene rings is 1. The van der Waals surface area contributed by atoms with Crippen LogP contribution in [0.5, 0.6) is 0 Å². The maximum atomic E-state index is 13.4. The van der Waals surface area contributed by atoms with Crippen LogP contribution in [0.1, 0.15) is 24.3 Å². The van der Waals surface area contributed by atoms with Crippen LogP contribution in [-0.2, 0) is 10.2 Å². The molecule has 4 nitrogen and oxygen atoms in total. The molecule has 4 bridgehead atoms. The summed E-state index contributed by atoms with van der Waals surface area (Å²) in [4.78, 5) is 22.9. The van der Waals surface area contributed by atoms with Crippen molar-refractivity contribution in [2.45, 2.75) is 18.5 Å². The van der Waals surface area contributed by atoms with Crippen molar-refractivity contribution in [3.63, 3.8) is 0 Å². The number of aromatic nitrogens is 1. The smallest absolute Gasteiger partial charge is 0.154 e. The number of pyridine rings is 1. The second-order valence-corrected chi connectivity index (χ2v) is 7.78. The van der Waals surface area contributed by atoms with Gasteiger partial charge in [-0.2, -0.15) is 0 Å². The van der Waals surface area contributed by atoms with E-state index < -0.39 is 5.41 Å². The first-order valence-electron chi connectivity index (χ1n) is 8.62. The maximum Gasteiger partial charge on any atom is 0.154 e. The molecule has 0 spiro atoms. The summed E-state index contributed by atoms with van der Waals surface area (Å²) in [7, 11) is 0. The molecule has 0 radical (unpaired) electrons. The van der Waals surface area contributed by atoms with Gasteiger partial charge in [-0.15, -0.1) is 0 Å². The largest absolute Gasteiger partial charge is 0.298 e. The fourth-order valence-electron chi connectivity index (χ4n) is 5.22. The molecule has 2 aromatic rings. The minimum atomic E-state index is -0.391. The number of rotatable bonds is 2. The second kappa shape index (κ2) is 4.74. The number of Topliss-reactive ketones (excluding diaryl/α,β-unsaturated/α-hetero) is 1. The topological polar surface area (TPSA) is 36.4 Å². The molecule has 122 valence electrons. The van der Waals surface area contributed by atoms with Gasteiger partial charge in [0.2, 0.25) is 0 Å². The van der Waals surface area contributed by atoms with Crippen LogP contribution in [0, 0.1) is 5.41 Å². The minimum absolute atomic E-state index is 0.198. The van der Waals surface area contributed by atoms with Gasteiger partial charge in [-0.05, 0) is 17.7 Å². The molecule has 0 amide bonds. The third-order valence-corrected chi connectivity index (χ3v) is 6.00. The Labute approximate surface area is 142 Å². The first kappa shape index (κ1) is 14.3. The Morgan fingerprint density at radius 2 is 1.62 bits per heavy atom. The van der Waals surface area contributed by atoms with E-state index in [1.54, 1.807) is 0 Å². The summed E-state index contributed by atoms with van der Waals surface area (Å²) >= 11 is 0. The van der Waals surface area contributed by atoms with E-state index in [-0.39, 0.29) is 11.6 Å². The van der Waals surface area contributed by atoms with Gasteiger partial charge in [0.1, 0.15) is 6.17 Å². The zero-order chi connectivity index (χ0) is 16.4. The van der Waals surface area contributed by atoms with Crippen LogP contribution in [0.2, 0.25) is 0 Å². The van der Waals surface area contributed by atoms with Gasteiger partial charge in [-0.25, -0.2) is 0 Å². The third-order valence-electron chi connectivity index (χ3n) is 6.00. The molecule has 24 heavy (non-hydrogen) atoms. The lowest BCUT2D eigenvalue weighted by Gasteiger charge is -2.65. The summed E-state index contributed by atoms with van der Waals surface area (Å²) in [6.45, 7) is 5.39. The van der Waals surface area contributed by atoms with Gasteiger partial charge in [0.15, 0.2) is 5.78 Å². The molecule has 4 saturated heterocycles. The van der Waals surface area contributed by atoms with Crippen LogP contribution < -0.4 is 0 Å². The van der Waals surface area contributed by atoms with E-state index in [4.69, 9.17) is 0 Å². The zero-order valence-corrected chi connectivity index (χ0v) is 13.9. The summed E-state index contributed by atoms with van der Waals surface area (Å²) in [5, 5.41) is 0. The molecular formula is C20H21N3O. The molecule has 4 fully saturated rings. The molecule has 1 aromatic carbocycles. The molecule has 0 N–H and O–H groups in total. The Bertz CT molecular complexity index is 773. The van der Waals surface area contributed by atoms with Gasteiger partial charge in [0.05, 0.1) is 16.5 Å².